The smallest absolute Gasteiger partial charge is 0.329 e. The molecule has 0 N–H and O–H groups in total. The molecule has 5 nitrogen and oxygen atoms in total. The molecule has 0 aromatic heterocycles. The Morgan fingerprint density at radius 3 is 2.14 bits per heavy atom. The van der Waals surface area contributed by atoms with Crippen LogP contribution >= 0.6 is 0 Å². The number of esters is 1. The van der Waals surface area contributed by atoms with E-state index >= 15 is 0 Å². The van der Waals surface area contributed by atoms with E-state index in [9.17, 15) is 14.4 Å². The average Bonchev–Trinajstić information content (AvgIpc) is 3.08. The van der Waals surface area contributed by atoms with Crippen LogP contribution in [0.5, 0.6) is 0 Å². The predicted octanol–water partition coefficient (Wildman–Crippen LogP) is 1.61. The zero-order valence-electron chi connectivity index (χ0n) is 12.9. The predicted molar refractivity (Wildman–Crippen MR) is 74.9 cm³/mol. The van der Waals surface area contributed by atoms with Gasteiger partial charge in [-0.2, -0.15) is 0 Å². The third kappa shape index (κ3) is 2.00. The Kier molecular flexibility index (Phi) is 3.54. The third-order valence-electron chi connectivity index (χ3n) is 5.40. The number of carbonyl (C=O) groups excluding carboxylic acids is 3. The van der Waals surface area contributed by atoms with Crippen LogP contribution in [-0.4, -0.2) is 35.3 Å². The molecule has 0 spiro atoms. The van der Waals surface area contributed by atoms with Gasteiger partial charge in [-0.15, -0.1) is 0 Å². The Labute approximate surface area is 125 Å². The van der Waals surface area contributed by atoms with Gasteiger partial charge in [-0.25, -0.2) is 4.79 Å². The lowest BCUT2D eigenvalue weighted by molar-refractivity contribution is -0.161. The van der Waals surface area contributed by atoms with Crippen molar-refractivity contribution in [2.24, 2.45) is 29.6 Å². The highest BCUT2D eigenvalue weighted by Gasteiger charge is 2.62. The number of fused-ring (bicyclic) bond motifs is 5. The van der Waals surface area contributed by atoms with Crippen LogP contribution in [0.15, 0.2) is 0 Å². The van der Waals surface area contributed by atoms with E-state index in [1.54, 1.807) is 6.92 Å². The van der Waals surface area contributed by atoms with Crippen molar-refractivity contribution in [2.75, 3.05) is 6.61 Å². The van der Waals surface area contributed by atoms with Crippen LogP contribution in [0.3, 0.4) is 0 Å². The Hall–Kier alpha value is -1.39. The molecule has 21 heavy (non-hydrogen) atoms. The van der Waals surface area contributed by atoms with Gasteiger partial charge in [0.1, 0.15) is 6.04 Å². The molecule has 3 rings (SSSR count). The summed E-state index contributed by atoms with van der Waals surface area (Å²) in [6.45, 7) is 5.70. The first-order valence-corrected chi connectivity index (χ1v) is 8.00. The maximum absolute atomic E-state index is 12.7. The summed E-state index contributed by atoms with van der Waals surface area (Å²) in [7, 11) is 0. The molecule has 116 valence electrons. The highest BCUT2D eigenvalue weighted by molar-refractivity contribution is 6.08. The molecule has 2 amide bonds. The normalized spacial score (nSPS) is 35.5. The number of amides is 2. The highest BCUT2D eigenvalue weighted by Crippen LogP contribution is 2.56. The minimum absolute atomic E-state index is 0.131. The van der Waals surface area contributed by atoms with E-state index in [0.29, 0.717) is 11.8 Å². The Morgan fingerprint density at radius 1 is 1.19 bits per heavy atom. The molecule has 3 fully saturated rings. The molecule has 0 aromatic carbocycles. The van der Waals surface area contributed by atoms with Crippen LogP contribution < -0.4 is 0 Å². The molecule has 2 aliphatic carbocycles. The van der Waals surface area contributed by atoms with Gasteiger partial charge in [0.2, 0.25) is 11.8 Å². The lowest BCUT2D eigenvalue weighted by Crippen LogP contribution is -2.49. The number of ether oxygens (including phenoxy) is 1. The number of hydrogen-bond donors (Lipinski definition) is 0. The molecule has 0 radical (unpaired) electrons. The quantitative estimate of drug-likeness (QED) is 0.583. The van der Waals surface area contributed by atoms with Crippen LogP contribution in [0.4, 0.5) is 0 Å². The fraction of sp³-hybridized carbons (Fsp3) is 0.812. The number of imide groups is 1. The van der Waals surface area contributed by atoms with Gasteiger partial charge in [0.15, 0.2) is 0 Å². The van der Waals surface area contributed by atoms with Crippen molar-refractivity contribution in [3.8, 4) is 0 Å². The monoisotopic (exact) mass is 293 g/mol. The summed E-state index contributed by atoms with van der Waals surface area (Å²) in [6, 6.07) is -0.769. The lowest BCUT2D eigenvalue weighted by Gasteiger charge is -2.28. The van der Waals surface area contributed by atoms with Crippen LogP contribution in [0.25, 0.3) is 0 Å². The van der Waals surface area contributed by atoms with Gasteiger partial charge in [0.25, 0.3) is 0 Å². The van der Waals surface area contributed by atoms with Crippen molar-refractivity contribution < 1.29 is 19.1 Å². The van der Waals surface area contributed by atoms with Gasteiger partial charge >= 0.3 is 5.97 Å². The molecule has 1 heterocycles. The van der Waals surface area contributed by atoms with E-state index in [-0.39, 0.29) is 36.2 Å². The standard InChI is InChI=1S/C16H23NO4/c1-4-21-16(20)13(8(2)3)17-14(18)11-9-5-6-10(7-9)12(11)15(17)19/h8-13H,4-7H2,1-3H3/t9-,10-,11-,12+,13-/m0/s1. The number of rotatable bonds is 4. The fourth-order valence-electron chi connectivity index (χ4n) is 4.61. The van der Waals surface area contributed by atoms with Crippen LogP contribution in [0.2, 0.25) is 0 Å². The van der Waals surface area contributed by atoms with E-state index < -0.39 is 12.0 Å². The minimum atomic E-state index is -0.769. The number of carbonyl (C=O) groups is 3. The summed E-state index contributed by atoms with van der Waals surface area (Å²) in [5.74, 6) is -0.519. The first-order chi connectivity index (χ1) is 9.97. The van der Waals surface area contributed by atoms with E-state index in [1.165, 1.54) is 4.90 Å². The summed E-state index contributed by atoms with van der Waals surface area (Å²) in [6.07, 6.45) is 3.10. The van der Waals surface area contributed by atoms with Crippen molar-refractivity contribution in [1.29, 1.82) is 0 Å². The molecule has 1 aliphatic heterocycles. The topological polar surface area (TPSA) is 63.7 Å². The minimum Gasteiger partial charge on any atom is -0.464 e. The first-order valence-electron chi connectivity index (χ1n) is 8.00. The molecule has 0 unspecified atom stereocenters. The van der Waals surface area contributed by atoms with Crippen molar-refractivity contribution in [3.63, 3.8) is 0 Å². The lowest BCUT2D eigenvalue weighted by atomic mass is 9.81. The van der Waals surface area contributed by atoms with Crippen LogP contribution in [-0.2, 0) is 19.1 Å². The summed E-state index contributed by atoms with van der Waals surface area (Å²) in [5, 5.41) is 0. The van der Waals surface area contributed by atoms with Gasteiger partial charge in [0, 0.05) is 0 Å². The molecule has 3 aliphatic rings. The van der Waals surface area contributed by atoms with E-state index in [1.807, 2.05) is 13.8 Å². The van der Waals surface area contributed by atoms with E-state index in [0.717, 1.165) is 19.3 Å². The molecule has 2 saturated carbocycles. The molecular weight excluding hydrogens is 270 g/mol. The van der Waals surface area contributed by atoms with E-state index in [2.05, 4.69) is 0 Å². The number of likely N-dealkylation sites (tertiary alicyclic amines) is 1. The van der Waals surface area contributed by atoms with Gasteiger partial charge in [-0.3, -0.25) is 14.5 Å². The van der Waals surface area contributed by atoms with Gasteiger partial charge in [0.05, 0.1) is 18.4 Å². The molecule has 2 bridgehead atoms. The molecule has 5 atom stereocenters. The highest BCUT2D eigenvalue weighted by atomic mass is 16.5. The third-order valence-corrected chi connectivity index (χ3v) is 5.40. The Balaban J connectivity index is 1.89. The largest absolute Gasteiger partial charge is 0.464 e. The average molecular weight is 293 g/mol. The van der Waals surface area contributed by atoms with Gasteiger partial charge in [-0.05, 0) is 43.9 Å². The number of nitrogens with zero attached hydrogens (tertiary/aromatic N) is 1. The van der Waals surface area contributed by atoms with Crippen molar-refractivity contribution in [3.05, 3.63) is 0 Å². The first kappa shape index (κ1) is 14.5. The van der Waals surface area contributed by atoms with Crippen LogP contribution in [0.1, 0.15) is 40.0 Å². The Morgan fingerprint density at radius 2 is 1.71 bits per heavy atom. The molecule has 0 aromatic rings. The second-order valence-corrected chi connectivity index (χ2v) is 6.87. The summed E-state index contributed by atoms with van der Waals surface area (Å²) in [5.41, 5.74) is 0. The molecule has 1 saturated heterocycles. The summed E-state index contributed by atoms with van der Waals surface area (Å²) >= 11 is 0. The van der Waals surface area contributed by atoms with Crippen molar-refractivity contribution >= 4 is 17.8 Å². The van der Waals surface area contributed by atoms with Crippen LogP contribution in [0, 0.1) is 29.6 Å². The van der Waals surface area contributed by atoms with E-state index in [4.69, 9.17) is 4.74 Å². The molecular formula is C16H23NO4. The van der Waals surface area contributed by atoms with Crippen molar-refractivity contribution in [1.82, 2.24) is 4.90 Å². The second-order valence-electron chi connectivity index (χ2n) is 6.87. The fourth-order valence-corrected chi connectivity index (χ4v) is 4.61. The van der Waals surface area contributed by atoms with Gasteiger partial charge in [-0.1, -0.05) is 13.8 Å². The maximum Gasteiger partial charge on any atom is 0.329 e. The second kappa shape index (κ2) is 5.11. The SMILES string of the molecule is CCOC(=O)[C@H](C(C)C)N1C(=O)[C@@H]2[C@H]3CC[C@@H](C3)[C@@H]2C1=O. The maximum atomic E-state index is 12.7. The van der Waals surface area contributed by atoms with Gasteiger partial charge < -0.3 is 4.74 Å². The molecule has 5 heteroatoms. The Bertz CT molecular complexity index is 459. The summed E-state index contributed by atoms with van der Waals surface area (Å²) < 4.78 is 5.08. The zero-order valence-corrected chi connectivity index (χ0v) is 12.9. The number of hydrogen-bond acceptors (Lipinski definition) is 4. The summed E-state index contributed by atoms with van der Waals surface area (Å²) in [4.78, 5) is 38.9. The van der Waals surface area contributed by atoms with Crippen molar-refractivity contribution in [2.45, 2.75) is 46.1 Å². The zero-order chi connectivity index (χ0) is 15.3.